The molecule has 1 amide bonds. The predicted octanol–water partition coefficient (Wildman–Crippen LogP) is 1.91. The van der Waals surface area contributed by atoms with Gasteiger partial charge >= 0.3 is 5.97 Å². The van der Waals surface area contributed by atoms with E-state index >= 15 is 0 Å². The Balaban J connectivity index is 1.94. The van der Waals surface area contributed by atoms with Crippen molar-refractivity contribution >= 4 is 11.9 Å². The lowest BCUT2D eigenvalue weighted by Crippen LogP contribution is -2.44. The molecule has 0 bridgehead atoms. The molecule has 0 aliphatic carbocycles. The standard InChI is InChI=1S/C18H22N4O3/c19-10-9-13-6-4-5-11-21(13)17(23)15-12-16(18(24)25)22(20-15)14-7-2-1-3-8-14/h1-3,7-8,12-13H,4-6,9-11,19H2,(H,24,25). The zero-order chi connectivity index (χ0) is 17.8. The second-order valence-electron chi connectivity index (χ2n) is 6.19. The summed E-state index contributed by atoms with van der Waals surface area (Å²) in [7, 11) is 0. The first-order chi connectivity index (χ1) is 12.1. The monoisotopic (exact) mass is 342 g/mol. The quantitative estimate of drug-likeness (QED) is 0.864. The van der Waals surface area contributed by atoms with Crippen LogP contribution in [0.3, 0.4) is 0 Å². The Labute approximate surface area is 146 Å². The minimum Gasteiger partial charge on any atom is -0.477 e. The van der Waals surface area contributed by atoms with Gasteiger partial charge < -0.3 is 15.7 Å². The van der Waals surface area contributed by atoms with Crippen LogP contribution >= 0.6 is 0 Å². The molecule has 2 aromatic rings. The van der Waals surface area contributed by atoms with Crippen molar-refractivity contribution in [2.45, 2.75) is 31.7 Å². The van der Waals surface area contributed by atoms with E-state index in [1.54, 1.807) is 29.2 Å². The number of para-hydroxylation sites is 1. The molecule has 1 aliphatic heterocycles. The topological polar surface area (TPSA) is 101 Å². The van der Waals surface area contributed by atoms with Gasteiger partial charge in [0.05, 0.1) is 5.69 Å². The van der Waals surface area contributed by atoms with Gasteiger partial charge in [0.15, 0.2) is 11.4 Å². The van der Waals surface area contributed by atoms with Crippen LogP contribution in [0.25, 0.3) is 5.69 Å². The van der Waals surface area contributed by atoms with Crippen molar-refractivity contribution in [3.05, 3.63) is 47.8 Å². The van der Waals surface area contributed by atoms with Crippen molar-refractivity contribution in [1.29, 1.82) is 0 Å². The van der Waals surface area contributed by atoms with E-state index in [0.29, 0.717) is 18.8 Å². The highest BCUT2D eigenvalue weighted by molar-refractivity contribution is 5.96. The van der Waals surface area contributed by atoms with Crippen molar-refractivity contribution in [2.75, 3.05) is 13.1 Å². The van der Waals surface area contributed by atoms with E-state index in [1.165, 1.54) is 10.7 Å². The lowest BCUT2D eigenvalue weighted by molar-refractivity contribution is 0.0598. The third-order valence-corrected chi connectivity index (χ3v) is 4.54. The smallest absolute Gasteiger partial charge is 0.354 e. The molecule has 3 N–H and O–H groups in total. The van der Waals surface area contributed by atoms with Gasteiger partial charge in [0.1, 0.15) is 0 Å². The number of aromatic carboxylic acids is 1. The molecule has 1 atom stereocenters. The highest BCUT2D eigenvalue weighted by Gasteiger charge is 2.29. The van der Waals surface area contributed by atoms with E-state index in [-0.39, 0.29) is 23.3 Å². The molecule has 0 spiro atoms. The lowest BCUT2D eigenvalue weighted by Gasteiger charge is -2.35. The zero-order valence-electron chi connectivity index (χ0n) is 14.0. The van der Waals surface area contributed by atoms with E-state index in [1.807, 2.05) is 6.07 Å². The van der Waals surface area contributed by atoms with Crippen LogP contribution in [0.15, 0.2) is 36.4 Å². The fraction of sp³-hybridized carbons (Fsp3) is 0.389. The Hall–Kier alpha value is -2.67. The van der Waals surface area contributed by atoms with E-state index in [9.17, 15) is 14.7 Å². The van der Waals surface area contributed by atoms with Crippen LogP contribution in [0.2, 0.25) is 0 Å². The summed E-state index contributed by atoms with van der Waals surface area (Å²) in [5, 5.41) is 13.8. The molecule has 1 aromatic heterocycles. The Morgan fingerprint density at radius 3 is 2.68 bits per heavy atom. The van der Waals surface area contributed by atoms with Crippen LogP contribution in [-0.2, 0) is 0 Å². The SMILES string of the molecule is NCCC1CCCCN1C(=O)c1cc(C(=O)O)n(-c2ccccc2)n1. The summed E-state index contributed by atoms with van der Waals surface area (Å²) in [5.41, 5.74) is 6.41. The van der Waals surface area contributed by atoms with Crippen LogP contribution < -0.4 is 5.73 Å². The number of amides is 1. The van der Waals surface area contributed by atoms with Crippen LogP contribution in [0, 0.1) is 0 Å². The molecule has 132 valence electrons. The van der Waals surface area contributed by atoms with Crippen molar-refractivity contribution in [3.63, 3.8) is 0 Å². The molecule has 1 aromatic carbocycles. The Kier molecular flexibility index (Phi) is 5.14. The average Bonchev–Trinajstić information content (AvgIpc) is 3.08. The van der Waals surface area contributed by atoms with Crippen LogP contribution in [0.5, 0.6) is 0 Å². The van der Waals surface area contributed by atoms with E-state index < -0.39 is 5.97 Å². The van der Waals surface area contributed by atoms with Gasteiger partial charge in [-0.25, -0.2) is 9.48 Å². The molecule has 0 radical (unpaired) electrons. The second kappa shape index (κ2) is 7.48. The number of carboxylic acid groups (broad SMARTS) is 1. The molecule has 7 heteroatoms. The van der Waals surface area contributed by atoms with Crippen LogP contribution in [0.1, 0.15) is 46.7 Å². The first-order valence-electron chi connectivity index (χ1n) is 8.51. The third kappa shape index (κ3) is 3.56. The van der Waals surface area contributed by atoms with Gasteiger partial charge in [-0.3, -0.25) is 4.79 Å². The minimum atomic E-state index is -1.12. The second-order valence-corrected chi connectivity index (χ2v) is 6.19. The first kappa shape index (κ1) is 17.2. The normalized spacial score (nSPS) is 17.5. The lowest BCUT2D eigenvalue weighted by atomic mass is 9.99. The van der Waals surface area contributed by atoms with Crippen molar-refractivity contribution < 1.29 is 14.7 Å². The van der Waals surface area contributed by atoms with Crippen LogP contribution in [-0.4, -0.2) is 50.8 Å². The fourth-order valence-corrected chi connectivity index (χ4v) is 3.31. The number of aromatic nitrogens is 2. The number of carboxylic acids is 1. The van der Waals surface area contributed by atoms with Gasteiger partial charge in [-0.2, -0.15) is 5.10 Å². The maximum Gasteiger partial charge on any atom is 0.354 e. The number of piperidine rings is 1. The molecule has 1 saturated heterocycles. The number of nitrogens with zero attached hydrogens (tertiary/aromatic N) is 3. The molecule has 1 fully saturated rings. The number of nitrogens with two attached hydrogens (primary N) is 1. The molecule has 25 heavy (non-hydrogen) atoms. The highest BCUT2D eigenvalue weighted by atomic mass is 16.4. The predicted molar refractivity (Wildman–Crippen MR) is 92.9 cm³/mol. The number of rotatable bonds is 5. The van der Waals surface area contributed by atoms with Gasteiger partial charge in [0.25, 0.3) is 5.91 Å². The number of hydrogen-bond acceptors (Lipinski definition) is 4. The van der Waals surface area contributed by atoms with Crippen molar-refractivity contribution in [2.24, 2.45) is 5.73 Å². The Bertz CT molecular complexity index is 755. The summed E-state index contributed by atoms with van der Waals surface area (Å²) >= 11 is 0. The molecular weight excluding hydrogens is 320 g/mol. The minimum absolute atomic E-state index is 0.0260. The highest BCUT2D eigenvalue weighted by Crippen LogP contribution is 2.22. The summed E-state index contributed by atoms with van der Waals surface area (Å²) in [4.78, 5) is 26.3. The largest absolute Gasteiger partial charge is 0.477 e. The van der Waals surface area contributed by atoms with Gasteiger partial charge in [0, 0.05) is 18.7 Å². The third-order valence-electron chi connectivity index (χ3n) is 4.54. The maximum absolute atomic E-state index is 12.9. The summed E-state index contributed by atoms with van der Waals surface area (Å²) in [5.74, 6) is -1.34. The van der Waals surface area contributed by atoms with Gasteiger partial charge in [-0.15, -0.1) is 0 Å². The number of hydrogen-bond donors (Lipinski definition) is 2. The summed E-state index contributed by atoms with van der Waals surface area (Å²) in [6.07, 6.45) is 3.69. The average molecular weight is 342 g/mol. The Morgan fingerprint density at radius 1 is 1.24 bits per heavy atom. The summed E-state index contributed by atoms with van der Waals surface area (Å²) in [6, 6.07) is 10.4. The van der Waals surface area contributed by atoms with Gasteiger partial charge in [-0.1, -0.05) is 18.2 Å². The van der Waals surface area contributed by atoms with Gasteiger partial charge in [-0.05, 0) is 44.4 Å². The molecule has 2 heterocycles. The molecule has 7 nitrogen and oxygen atoms in total. The van der Waals surface area contributed by atoms with E-state index in [2.05, 4.69) is 5.10 Å². The number of likely N-dealkylation sites (tertiary alicyclic amines) is 1. The number of carbonyl (C=O) groups is 2. The summed E-state index contributed by atoms with van der Waals surface area (Å²) in [6.45, 7) is 1.18. The van der Waals surface area contributed by atoms with E-state index in [4.69, 9.17) is 5.73 Å². The van der Waals surface area contributed by atoms with Crippen LogP contribution in [0.4, 0.5) is 0 Å². The first-order valence-corrected chi connectivity index (χ1v) is 8.51. The molecular formula is C18H22N4O3. The van der Waals surface area contributed by atoms with Crippen molar-refractivity contribution in [1.82, 2.24) is 14.7 Å². The van der Waals surface area contributed by atoms with Gasteiger partial charge in [0.2, 0.25) is 0 Å². The molecule has 0 saturated carbocycles. The summed E-state index contributed by atoms with van der Waals surface area (Å²) < 4.78 is 1.30. The fourth-order valence-electron chi connectivity index (χ4n) is 3.31. The zero-order valence-corrected chi connectivity index (χ0v) is 14.0. The van der Waals surface area contributed by atoms with Crippen molar-refractivity contribution in [3.8, 4) is 5.69 Å². The Morgan fingerprint density at radius 2 is 2.00 bits per heavy atom. The van der Waals surface area contributed by atoms with E-state index in [0.717, 1.165) is 25.7 Å². The molecule has 1 unspecified atom stereocenters. The number of carbonyl (C=O) groups excluding carboxylic acids is 1. The molecule has 1 aliphatic rings. The molecule has 3 rings (SSSR count). The number of benzene rings is 1. The maximum atomic E-state index is 12.9.